The molecule has 0 fully saturated rings. The van der Waals surface area contributed by atoms with E-state index in [9.17, 15) is 34.8 Å². The Kier molecular flexibility index (Phi) is 6.48. The molecule has 194 valence electrons. The van der Waals surface area contributed by atoms with Crippen LogP contribution in [-0.2, 0) is 22.6 Å². The van der Waals surface area contributed by atoms with Crippen LogP contribution in [0.25, 0.3) is 0 Å². The number of aromatic hydroxyl groups is 1. The molecule has 0 aliphatic heterocycles. The first kappa shape index (κ1) is 25.9. The number of carbonyl (C=O) groups is 3. The van der Waals surface area contributed by atoms with Crippen LogP contribution in [0.4, 0.5) is 0 Å². The molecule has 4 rings (SSSR count). The number of allylic oxidation sites excluding steroid dienone is 1. The highest BCUT2D eigenvalue weighted by atomic mass is 16.3. The molecule has 0 aromatic heterocycles. The molecule has 10 heteroatoms. The minimum Gasteiger partial charge on any atom is -0.510 e. The van der Waals surface area contributed by atoms with Crippen LogP contribution in [0.2, 0.25) is 0 Å². The van der Waals surface area contributed by atoms with Crippen LogP contribution in [0.3, 0.4) is 0 Å². The lowest BCUT2D eigenvalue weighted by Gasteiger charge is -2.50. The van der Waals surface area contributed by atoms with Crippen LogP contribution in [0, 0.1) is 17.8 Å². The van der Waals surface area contributed by atoms with Crippen molar-refractivity contribution in [3.05, 3.63) is 51.5 Å². The summed E-state index contributed by atoms with van der Waals surface area (Å²) in [5.41, 5.74) is 3.25. The number of Topliss-reactive ketones (excluding diaryl/α,β-unsaturated/α-hetero) is 2. The van der Waals surface area contributed by atoms with Crippen molar-refractivity contribution >= 4 is 17.5 Å². The fraction of sp³-hybridized carbons (Fsp3) is 0.500. The molecular weight excluding hydrogens is 466 g/mol. The molecule has 3 aliphatic rings. The van der Waals surface area contributed by atoms with Crippen LogP contribution in [0.5, 0.6) is 5.75 Å². The highest BCUT2D eigenvalue weighted by Crippen LogP contribution is 2.52. The van der Waals surface area contributed by atoms with Gasteiger partial charge in [0.1, 0.15) is 22.8 Å². The highest BCUT2D eigenvalue weighted by Gasteiger charge is 2.63. The SMILES string of the molecule is CC(C)CNCc1ccc(O)c2c1C[C@H]1C[C@H]3[C@H](N(C)C)C(O)=C(C(N)=O)C(=O)[C@@]3(O)C(O)=C1C2=O. The van der Waals surface area contributed by atoms with Gasteiger partial charge in [-0.1, -0.05) is 19.9 Å². The van der Waals surface area contributed by atoms with Crippen LogP contribution in [-0.4, -0.2) is 75.1 Å². The zero-order valence-corrected chi connectivity index (χ0v) is 20.8. The summed E-state index contributed by atoms with van der Waals surface area (Å²) in [5.74, 6) is -6.06. The molecule has 0 saturated heterocycles. The van der Waals surface area contributed by atoms with Gasteiger partial charge in [-0.3, -0.25) is 19.3 Å². The Morgan fingerprint density at radius 3 is 2.47 bits per heavy atom. The number of hydrogen-bond donors (Lipinski definition) is 6. The Morgan fingerprint density at radius 1 is 1.22 bits per heavy atom. The van der Waals surface area contributed by atoms with Crippen molar-refractivity contribution in [2.24, 2.45) is 23.5 Å². The summed E-state index contributed by atoms with van der Waals surface area (Å²) in [5, 5.41) is 47.6. The van der Waals surface area contributed by atoms with Crippen molar-refractivity contribution in [2.75, 3.05) is 20.6 Å². The summed E-state index contributed by atoms with van der Waals surface area (Å²) >= 11 is 0. The van der Waals surface area contributed by atoms with Gasteiger partial charge >= 0.3 is 0 Å². The van der Waals surface area contributed by atoms with Crippen LogP contribution in [0.15, 0.2) is 34.8 Å². The fourth-order valence-electron chi connectivity index (χ4n) is 5.98. The summed E-state index contributed by atoms with van der Waals surface area (Å²) < 4.78 is 0. The number of rotatable bonds is 6. The van der Waals surface area contributed by atoms with Crippen molar-refractivity contribution in [1.82, 2.24) is 10.2 Å². The Hall–Kier alpha value is -3.21. The molecule has 1 aromatic carbocycles. The Balaban J connectivity index is 1.86. The third-order valence-corrected chi connectivity index (χ3v) is 7.57. The molecule has 3 aliphatic carbocycles. The van der Waals surface area contributed by atoms with Crippen molar-refractivity contribution in [3.63, 3.8) is 0 Å². The van der Waals surface area contributed by atoms with Gasteiger partial charge in [-0.2, -0.15) is 0 Å². The van der Waals surface area contributed by atoms with Gasteiger partial charge < -0.3 is 31.5 Å². The normalized spacial score (nSPS) is 27.9. The van der Waals surface area contributed by atoms with Gasteiger partial charge in [0.25, 0.3) is 5.91 Å². The maximum absolute atomic E-state index is 13.7. The topological polar surface area (TPSA) is 173 Å². The van der Waals surface area contributed by atoms with Gasteiger partial charge in [0.05, 0.1) is 11.6 Å². The van der Waals surface area contributed by atoms with Crippen molar-refractivity contribution in [2.45, 2.75) is 44.9 Å². The van der Waals surface area contributed by atoms with Crippen LogP contribution in [0.1, 0.15) is 41.8 Å². The van der Waals surface area contributed by atoms with E-state index in [0.717, 1.165) is 12.1 Å². The standard InChI is InChI=1S/C26H33N3O7/c1-11(2)9-28-10-12-5-6-16(30)18-14(12)7-13-8-15-20(29(3)4)22(32)19(25(27)35)24(34)26(15,36)23(33)17(13)21(18)31/h5-6,11,13,15,20,28,30,32-33,36H,7-10H2,1-4H3,(H2,27,35)/t13-,15-,20-,26-/m0/s1. The molecule has 0 radical (unpaired) electrons. The highest BCUT2D eigenvalue weighted by molar-refractivity contribution is 6.24. The van der Waals surface area contributed by atoms with E-state index in [0.29, 0.717) is 18.0 Å². The molecule has 4 atom stereocenters. The molecule has 0 saturated carbocycles. The van der Waals surface area contributed by atoms with Gasteiger partial charge in [-0.25, -0.2) is 0 Å². The minimum absolute atomic E-state index is 0.0274. The number of carbonyl (C=O) groups excluding carboxylic acids is 3. The van der Waals surface area contributed by atoms with Gasteiger partial charge in [0, 0.05) is 18.0 Å². The summed E-state index contributed by atoms with van der Waals surface area (Å²) in [6.07, 6.45) is 0.349. The number of nitrogens with zero attached hydrogens (tertiary/aromatic N) is 1. The monoisotopic (exact) mass is 499 g/mol. The number of nitrogens with one attached hydrogen (secondary N) is 1. The lowest BCUT2D eigenvalue weighted by atomic mass is 9.58. The number of benzene rings is 1. The molecule has 0 spiro atoms. The summed E-state index contributed by atoms with van der Waals surface area (Å²) in [7, 11) is 3.20. The third kappa shape index (κ3) is 3.71. The van der Waals surface area contributed by atoms with E-state index in [1.165, 1.54) is 11.0 Å². The van der Waals surface area contributed by atoms with E-state index in [4.69, 9.17) is 5.73 Å². The molecule has 7 N–H and O–H groups in total. The van der Waals surface area contributed by atoms with Gasteiger partial charge in [-0.05, 0) is 62.5 Å². The quantitative estimate of drug-likeness (QED) is 0.310. The van der Waals surface area contributed by atoms with Gasteiger partial charge in [0.2, 0.25) is 5.78 Å². The minimum atomic E-state index is -2.63. The number of primary amides is 1. The average Bonchev–Trinajstić information content (AvgIpc) is 2.77. The fourth-order valence-corrected chi connectivity index (χ4v) is 5.98. The van der Waals surface area contributed by atoms with Crippen molar-refractivity contribution in [3.8, 4) is 5.75 Å². The Labute approximate surface area is 209 Å². The van der Waals surface area contributed by atoms with Gasteiger partial charge in [0.15, 0.2) is 11.4 Å². The zero-order chi connectivity index (χ0) is 26.7. The van der Waals surface area contributed by atoms with E-state index in [1.54, 1.807) is 20.2 Å². The first-order chi connectivity index (χ1) is 16.8. The number of amides is 1. The number of phenolic OH excluding ortho intramolecular Hbond substituents is 1. The molecule has 10 nitrogen and oxygen atoms in total. The number of aliphatic hydroxyl groups is 3. The number of fused-ring (bicyclic) bond motifs is 3. The average molecular weight is 500 g/mol. The maximum atomic E-state index is 13.7. The van der Waals surface area contributed by atoms with Crippen LogP contribution >= 0.6 is 0 Å². The third-order valence-electron chi connectivity index (χ3n) is 7.57. The predicted molar refractivity (Wildman–Crippen MR) is 130 cm³/mol. The van der Waals surface area contributed by atoms with Gasteiger partial charge in [-0.15, -0.1) is 0 Å². The molecule has 1 amide bonds. The second kappa shape index (κ2) is 9.02. The lowest BCUT2D eigenvalue weighted by molar-refractivity contribution is -0.148. The number of hydrogen-bond acceptors (Lipinski definition) is 9. The molecule has 0 heterocycles. The second-order valence-corrected chi connectivity index (χ2v) is 10.6. The molecule has 1 aromatic rings. The first-order valence-corrected chi connectivity index (χ1v) is 12.0. The largest absolute Gasteiger partial charge is 0.510 e. The second-order valence-electron chi connectivity index (χ2n) is 10.6. The Morgan fingerprint density at radius 2 is 1.89 bits per heavy atom. The first-order valence-electron chi connectivity index (χ1n) is 12.0. The molecular formula is C26H33N3O7. The maximum Gasteiger partial charge on any atom is 0.255 e. The van der Waals surface area contributed by atoms with E-state index in [2.05, 4.69) is 19.2 Å². The van der Waals surface area contributed by atoms with Crippen LogP contribution < -0.4 is 11.1 Å². The zero-order valence-electron chi connectivity index (χ0n) is 20.8. The molecule has 36 heavy (non-hydrogen) atoms. The predicted octanol–water partition coefficient (Wildman–Crippen LogP) is 0.866. The number of likely N-dealkylation sites (N-methyl/N-ethyl adjacent to an activating group) is 1. The van der Waals surface area contributed by atoms with E-state index in [1.807, 2.05) is 0 Å². The van der Waals surface area contributed by atoms with Crippen molar-refractivity contribution in [1.29, 1.82) is 0 Å². The number of aliphatic hydroxyl groups excluding tert-OH is 2. The summed E-state index contributed by atoms with van der Waals surface area (Å²) in [6, 6.07) is 2.16. The smallest absolute Gasteiger partial charge is 0.255 e. The number of nitrogens with two attached hydrogens (primary N) is 1. The number of phenols is 1. The molecule has 0 unspecified atom stereocenters. The number of ketones is 2. The van der Waals surface area contributed by atoms with E-state index < -0.39 is 58.0 Å². The summed E-state index contributed by atoms with van der Waals surface area (Å²) in [4.78, 5) is 40.5. The van der Waals surface area contributed by atoms with E-state index >= 15 is 0 Å². The molecule has 0 bridgehead atoms. The van der Waals surface area contributed by atoms with E-state index in [-0.39, 0.29) is 29.7 Å². The summed E-state index contributed by atoms with van der Waals surface area (Å²) in [6.45, 7) is 5.38. The Bertz CT molecular complexity index is 1220. The van der Waals surface area contributed by atoms with Crippen molar-refractivity contribution < 1.29 is 34.8 Å². The lowest BCUT2D eigenvalue weighted by Crippen LogP contribution is -2.63.